The third-order valence-corrected chi connectivity index (χ3v) is 5.59. The van der Waals surface area contributed by atoms with Crippen LogP contribution in [0.5, 0.6) is 0 Å². The van der Waals surface area contributed by atoms with E-state index in [1.54, 1.807) is 37.2 Å². The molecular formula is C23H31FN6O2. The van der Waals surface area contributed by atoms with Gasteiger partial charge < -0.3 is 26.4 Å². The quantitative estimate of drug-likeness (QED) is 0.461. The molecule has 2 aliphatic rings. The molecule has 3 rings (SSSR count). The van der Waals surface area contributed by atoms with Gasteiger partial charge in [0, 0.05) is 62.3 Å². The molecule has 9 heteroatoms. The molecule has 0 radical (unpaired) electrons. The molecule has 0 aliphatic carbocycles. The molecule has 172 valence electrons. The lowest BCUT2D eigenvalue weighted by atomic mass is 10.0. The highest BCUT2D eigenvalue weighted by atomic mass is 19.1. The van der Waals surface area contributed by atoms with Crippen molar-refractivity contribution in [1.82, 2.24) is 10.2 Å². The fraction of sp³-hybridized carbons (Fsp3) is 0.435. The predicted molar refractivity (Wildman–Crippen MR) is 125 cm³/mol. The largest absolute Gasteiger partial charge is 0.402 e. The first-order valence-electron chi connectivity index (χ1n) is 10.6. The second kappa shape index (κ2) is 10.4. The average Bonchev–Trinajstić information content (AvgIpc) is 3.26. The molecule has 1 aromatic rings. The Kier molecular flexibility index (Phi) is 7.63. The Morgan fingerprint density at radius 2 is 2.12 bits per heavy atom. The number of amidine groups is 1. The van der Waals surface area contributed by atoms with E-state index in [1.807, 2.05) is 0 Å². The van der Waals surface area contributed by atoms with Gasteiger partial charge in [-0.2, -0.15) is 0 Å². The van der Waals surface area contributed by atoms with Crippen LogP contribution in [0.25, 0.3) is 5.57 Å². The molecule has 32 heavy (non-hydrogen) atoms. The third-order valence-electron chi connectivity index (χ3n) is 5.59. The molecule has 0 bridgehead atoms. The van der Waals surface area contributed by atoms with Crippen LogP contribution in [0.3, 0.4) is 0 Å². The first-order chi connectivity index (χ1) is 15.3. The topological polar surface area (TPSA) is 118 Å². The second-order valence-corrected chi connectivity index (χ2v) is 8.00. The fourth-order valence-electron chi connectivity index (χ4n) is 3.82. The molecule has 8 nitrogen and oxygen atoms in total. The van der Waals surface area contributed by atoms with Crippen molar-refractivity contribution in [2.45, 2.75) is 32.7 Å². The number of carbonyl (C=O) groups excluding carboxylic acids is 1. The summed E-state index contributed by atoms with van der Waals surface area (Å²) in [6, 6.07) is 4.85. The highest BCUT2D eigenvalue weighted by Gasteiger charge is 2.26. The molecule has 0 saturated carbocycles. The monoisotopic (exact) mass is 442 g/mol. The maximum atomic E-state index is 14.9. The number of hydrogen-bond acceptors (Lipinski definition) is 6. The Morgan fingerprint density at radius 1 is 1.34 bits per heavy atom. The van der Waals surface area contributed by atoms with Crippen molar-refractivity contribution in [3.63, 3.8) is 0 Å². The zero-order chi connectivity index (χ0) is 23.3. The summed E-state index contributed by atoms with van der Waals surface area (Å²) in [4.78, 5) is 22.0. The van der Waals surface area contributed by atoms with Crippen LogP contribution in [0.15, 0.2) is 45.2 Å². The highest BCUT2D eigenvalue weighted by molar-refractivity contribution is 6.10. The number of nitrogens with one attached hydrogen (secondary N) is 1. The molecule has 1 amide bonds. The zero-order valence-electron chi connectivity index (χ0n) is 18.8. The molecule has 2 aliphatic heterocycles. The van der Waals surface area contributed by atoms with Crippen molar-refractivity contribution in [1.29, 1.82) is 0 Å². The first-order valence-corrected chi connectivity index (χ1v) is 10.6. The number of benzene rings is 1. The van der Waals surface area contributed by atoms with Crippen LogP contribution in [-0.2, 0) is 9.53 Å². The molecule has 0 aromatic heterocycles. The van der Waals surface area contributed by atoms with Crippen molar-refractivity contribution in [3.05, 3.63) is 46.5 Å². The number of halogens is 1. The SMILES string of the molecule is CN=CC(=C(C)N)c1ccc(N=C(N)C2=C(NC3CCOC3)CCN(C(C)=O)C2)c(F)c1. The lowest BCUT2D eigenvalue weighted by molar-refractivity contribution is -0.128. The van der Waals surface area contributed by atoms with Crippen molar-refractivity contribution in [2.75, 3.05) is 33.4 Å². The van der Waals surface area contributed by atoms with E-state index in [0.717, 1.165) is 12.1 Å². The van der Waals surface area contributed by atoms with Crippen molar-refractivity contribution < 1.29 is 13.9 Å². The van der Waals surface area contributed by atoms with Crippen LogP contribution < -0.4 is 16.8 Å². The number of rotatable bonds is 6. The number of carbonyl (C=O) groups is 1. The van der Waals surface area contributed by atoms with Crippen molar-refractivity contribution in [3.8, 4) is 0 Å². The van der Waals surface area contributed by atoms with Gasteiger partial charge in [0.25, 0.3) is 0 Å². The summed E-state index contributed by atoms with van der Waals surface area (Å²) >= 11 is 0. The summed E-state index contributed by atoms with van der Waals surface area (Å²) < 4.78 is 20.3. The number of nitrogens with zero attached hydrogens (tertiary/aromatic N) is 3. The summed E-state index contributed by atoms with van der Waals surface area (Å²) in [5.74, 6) is -0.375. The molecule has 0 spiro atoms. The zero-order valence-corrected chi connectivity index (χ0v) is 18.8. The van der Waals surface area contributed by atoms with Gasteiger partial charge in [-0.1, -0.05) is 6.07 Å². The van der Waals surface area contributed by atoms with Gasteiger partial charge in [0.05, 0.1) is 19.2 Å². The maximum absolute atomic E-state index is 14.9. The van der Waals surface area contributed by atoms with Gasteiger partial charge in [-0.15, -0.1) is 0 Å². The van der Waals surface area contributed by atoms with E-state index in [-0.39, 0.29) is 23.5 Å². The van der Waals surface area contributed by atoms with E-state index in [1.165, 1.54) is 13.0 Å². The Bertz CT molecular complexity index is 988. The van der Waals surface area contributed by atoms with E-state index in [0.29, 0.717) is 55.1 Å². The minimum absolute atomic E-state index is 0.0388. The van der Waals surface area contributed by atoms with Crippen molar-refractivity contribution >= 4 is 29.2 Å². The van der Waals surface area contributed by atoms with Crippen LogP contribution >= 0.6 is 0 Å². The van der Waals surface area contributed by atoms with Crippen LogP contribution in [0.2, 0.25) is 0 Å². The van der Waals surface area contributed by atoms with Gasteiger partial charge in [-0.3, -0.25) is 9.79 Å². The molecule has 2 heterocycles. The normalized spacial score (nSPS) is 20.7. The molecule has 1 unspecified atom stereocenters. The van der Waals surface area contributed by atoms with Crippen LogP contribution in [-0.4, -0.2) is 62.3 Å². The lowest BCUT2D eigenvalue weighted by Crippen LogP contribution is -2.43. The number of allylic oxidation sites excluding steroid dienone is 2. The van der Waals surface area contributed by atoms with Gasteiger partial charge in [0.15, 0.2) is 0 Å². The highest BCUT2D eigenvalue weighted by Crippen LogP contribution is 2.25. The Labute approximate surface area is 187 Å². The van der Waals surface area contributed by atoms with Crippen LogP contribution in [0, 0.1) is 5.82 Å². The molecule has 1 fully saturated rings. The molecule has 1 aromatic carbocycles. The van der Waals surface area contributed by atoms with E-state index in [9.17, 15) is 9.18 Å². The van der Waals surface area contributed by atoms with Gasteiger partial charge in [0.2, 0.25) is 5.91 Å². The minimum atomic E-state index is -0.521. The molecule has 1 saturated heterocycles. The molecule has 1 atom stereocenters. The van der Waals surface area contributed by atoms with Crippen molar-refractivity contribution in [2.24, 2.45) is 21.5 Å². The third kappa shape index (κ3) is 5.53. The second-order valence-electron chi connectivity index (χ2n) is 8.00. The van der Waals surface area contributed by atoms with Gasteiger partial charge in [-0.05, 0) is 31.0 Å². The van der Waals surface area contributed by atoms with Crippen LogP contribution in [0.4, 0.5) is 10.1 Å². The van der Waals surface area contributed by atoms with Gasteiger partial charge in [-0.25, -0.2) is 9.38 Å². The predicted octanol–water partition coefficient (Wildman–Crippen LogP) is 2.09. The lowest BCUT2D eigenvalue weighted by Gasteiger charge is -2.31. The molecule has 5 N–H and O–H groups in total. The van der Waals surface area contributed by atoms with Crippen LogP contribution in [0.1, 0.15) is 32.3 Å². The number of aliphatic imine (C=N–C) groups is 2. The number of nitrogens with two attached hydrogens (primary N) is 2. The summed E-state index contributed by atoms with van der Waals surface area (Å²) in [6.07, 6.45) is 3.12. The maximum Gasteiger partial charge on any atom is 0.219 e. The summed E-state index contributed by atoms with van der Waals surface area (Å²) in [6.45, 7) is 5.51. The number of ether oxygens (including phenoxy) is 1. The van der Waals surface area contributed by atoms with Gasteiger partial charge >= 0.3 is 0 Å². The molecular weight excluding hydrogens is 411 g/mol. The fourth-order valence-corrected chi connectivity index (χ4v) is 3.82. The van der Waals surface area contributed by atoms with E-state index >= 15 is 0 Å². The summed E-state index contributed by atoms with van der Waals surface area (Å²) in [5.41, 5.74) is 15.8. The number of amides is 1. The Balaban J connectivity index is 1.93. The van der Waals surface area contributed by atoms with E-state index < -0.39 is 5.82 Å². The van der Waals surface area contributed by atoms with E-state index in [2.05, 4.69) is 15.3 Å². The number of hydrogen-bond donors (Lipinski definition) is 3. The first kappa shape index (κ1) is 23.5. The Morgan fingerprint density at radius 3 is 2.72 bits per heavy atom. The average molecular weight is 443 g/mol. The summed E-state index contributed by atoms with van der Waals surface area (Å²) in [5, 5.41) is 3.49. The Hall–Kier alpha value is -3.20. The van der Waals surface area contributed by atoms with E-state index in [4.69, 9.17) is 16.2 Å². The standard InChI is InChI=1S/C23H31FN6O2/c1-14(25)18(11-27-3)16-4-5-22(20(24)10-16)29-23(26)19-12-30(15(2)31)8-6-21(19)28-17-7-9-32-13-17/h4-5,10-11,17,28H,6-9,12-13,25H2,1-3H3,(H2,26,29). The summed E-state index contributed by atoms with van der Waals surface area (Å²) in [7, 11) is 1.63. The van der Waals surface area contributed by atoms with Gasteiger partial charge in [0.1, 0.15) is 17.3 Å². The smallest absolute Gasteiger partial charge is 0.219 e. The minimum Gasteiger partial charge on any atom is -0.402 e.